The van der Waals surface area contributed by atoms with Crippen molar-refractivity contribution in [2.24, 2.45) is 17.8 Å². The molecule has 1 aliphatic rings. The summed E-state index contributed by atoms with van der Waals surface area (Å²) in [4.78, 5) is 0. The van der Waals surface area contributed by atoms with E-state index in [1.165, 1.54) is 44.9 Å². The molecule has 0 aromatic carbocycles. The van der Waals surface area contributed by atoms with Crippen LogP contribution in [-0.4, -0.2) is 0 Å². The zero-order valence-corrected chi connectivity index (χ0v) is 9.68. The van der Waals surface area contributed by atoms with Crippen molar-refractivity contribution >= 4 is 0 Å². The van der Waals surface area contributed by atoms with Crippen LogP contribution in [0.2, 0.25) is 0 Å². The van der Waals surface area contributed by atoms with Gasteiger partial charge in [0.05, 0.1) is 0 Å². The molecule has 2 atom stereocenters. The molecule has 0 aromatic heterocycles. The third-order valence-corrected chi connectivity index (χ3v) is 4.12. The van der Waals surface area contributed by atoms with Crippen LogP contribution >= 0.6 is 0 Å². The van der Waals surface area contributed by atoms with Crippen molar-refractivity contribution in [1.82, 2.24) is 0 Å². The summed E-state index contributed by atoms with van der Waals surface area (Å²) in [6.07, 6.45) is 10.3. The van der Waals surface area contributed by atoms with E-state index in [-0.39, 0.29) is 0 Å². The Morgan fingerprint density at radius 3 is 2.31 bits per heavy atom. The zero-order chi connectivity index (χ0) is 9.68. The number of hydrogen-bond donors (Lipinski definition) is 0. The third-order valence-electron chi connectivity index (χ3n) is 4.12. The van der Waals surface area contributed by atoms with Crippen LogP contribution < -0.4 is 0 Å². The molecule has 0 N–H and O–H groups in total. The fourth-order valence-corrected chi connectivity index (χ4v) is 3.09. The lowest BCUT2D eigenvalue weighted by atomic mass is 9.73. The lowest BCUT2D eigenvalue weighted by Gasteiger charge is -2.33. The van der Waals surface area contributed by atoms with Crippen molar-refractivity contribution in [1.29, 1.82) is 0 Å². The van der Waals surface area contributed by atoms with E-state index < -0.39 is 0 Å². The van der Waals surface area contributed by atoms with Gasteiger partial charge in [-0.3, -0.25) is 0 Å². The Morgan fingerprint density at radius 1 is 1.08 bits per heavy atom. The predicted octanol–water partition coefficient (Wildman–Crippen LogP) is 4.64. The highest BCUT2D eigenvalue weighted by atomic mass is 14.3. The Labute approximate surface area is 84.1 Å². The van der Waals surface area contributed by atoms with Gasteiger partial charge in [-0.2, -0.15) is 0 Å². The van der Waals surface area contributed by atoms with Gasteiger partial charge in [-0.05, 0) is 24.2 Å². The second-order valence-electron chi connectivity index (χ2n) is 4.78. The van der Waals surface area contributed by atoms with Crippen molar-refractivity contribution in [2.45, 2.75) is 65.7 Å². The minimum atomic E-state index is 1.02. The van der Waals surface area contributed by atoms with Gasteiger partial charge < -0.3 is 0 Å². The number of rotatable bonds is 4. The standard InChI is InChI=1S/C13H26/c1-4-11-8-7-9-13(10-11)12(5-2)6-3/h11-13H,4-10H2,1-3H3/t11-,13+/m1/s1. The maximum absolute atomic E-state index is 2.36. The summed E-state index contributed by atoms with van der Waals surface area (Å²) in [5.41, 5.74) is 0. The SMILES string of the molecule is CCC(CC)[C@H]1CCC[C@@H](CC)C1. The van der Waals surface area contributed by atoms with Crippen molar-refractivity contribution in [2.75, 3.05) is 0 Å². The fraction of sp³-hybridized carbons (Fsp3) is 1.00. The van der Waals surface area contributed by atoms with Gasteiger partial charge in [-0.25, -0.2) is 0 Å². The Bertz CT molecular complexity index is 124. The molecule has 0 nitrogen and oxygen atoms in total. The Balaban J connectivity index is 2.40. The predicted molar refractivity (Wildman–Crippen MR) is 59.8 cm³/mol. The lowest BCUT2D eigenvalue weighted by molar-refractivity contribution is 0.183. The van der Waals surface area contributed by atoms with Gasteiger partial charge in [0.25, 0.3) is 0 Å². The molecule has 0 saturated heterocycles. The highest BCUT2D eigenvalue weighted by Gasteiger charge is 2.25. The molecule has 1 aliphatic carbocycles. The Kier molecular flexibility index (Phi) is 4.83. The molecule has 1 fully saturated rings. The second-order valence-corrected chi connectivity index (χ2v) is 4.78. The van der Waals surface area contributed by atoms with Gasteiger partial charge in [0.1, 0.15) is 0 Å². The van der Waals surface area contributed by atoms with Gasteiger partial charge >= 0.3 is 0 Å². The minimum Gasteiger partial charge on any atom is -0.0651 e. The first-order chi connectivity index (χ1) is 6.31. The maximum atomic E-state index is 2.36. The van der Waals surface area contributed by atoms with Gasteiger partial charge in [0.2, 0.25) is 0 Å². The van der Waals surface area contributed by atoms with Crippen LogP contribution in [0.5, 0.6) is 0 Å². The normalized spacial score (nSPS) is 29.5. The quantitative estimate of drug-likeness (QED) is 0.594. The molecule has 0 heteroatoms. The van der Waals surface area contributed by atoms with E-state index in [2.05, 4.69) is 20.8 Å². The molecule has 0 bridgehead atoms. The molecule has 0 spiro atoms. The average molecular weight is 182 g/mol. The van der Waals surface area contributed by atoms with Crippen LogP contribution in [-0.2, 0) is 0 Å². The van der Waals surface area contributed by atoms with E-state index in [1.54, 1.807) is 0 Å². The molecule has 0 aromatic rings. The third kappa shape index (κ3) is 3.00. The summed E-state index contributed by atoms with van der Waals surface area (Å²) in [6, 6.07) is 0. The lowest BCUT2D eigenvalue weighted by Crippen LogP contribution is -2.21. The topological polar surface area (TPSA) is 0 Å². The molecule has 0 amide bonds. The zero-order valence-electron chi connectivity index (χ0n) is 9.68. The van der Waals surface area contributed by atoms with Crippen molar-refractivity contribution < 1.29 is 0 Å². The molecule has 0 radical (unpaired) electrons. The molecule has 1 rings (SSSR count). The summed E-state index contributed by atoms with van der Waals surface area (Å²) in [6.45, 7) is 7.09. The molecule has 0 aliphatic heterocycles. The molecule has 1 saturated carbocycles. The van der Waals surface area contributed by atoms with Gasteiger partial charge in [0, 0.05) is 0 Å². The molecular formula is C13H26. The summed E-state index contributed by atoms with van der Waals surface area (Å²) in [5, 5.41) is 0. The van der Waals surface area contributed by atoms with Crippen LogP contribution in [0.3, 0.4) is 0 Å². The largest absolute Gasteiger partial charge is 0.0651 e. The van der Waals surface area contributed by atoms with Crippen molar-refractivity contribution in [3.05, 3.63) is 0 Å². The molecule has 0 unspecified atom stereocenters. The summed E-state index contributed by atoms with van der Waals surface area (Å²) >= 11 is 0. The molecule has 78 valence electrons. The van der Waals surface area contributed by atoms with E-state index in [9.17, 15) is 0 Å². The Morgan fingerprint density at radius 2 is 1.77 bits per heavy atom. The van der Waals surface area contributed by atoms with Crippen LogP contribution in [0, 0.1) is 17.8 Å². The Hall–Kier alpha value is 0. The van der Waals surface area contributed by atoms with Crippen LogP contribution in [0.25, 0.3) is 0 Å². The number of hydrogen-bond acceptors (Lipinski definition) is 0. The molecule has 13 heavy (non-hydrogen) atoms. The first-order valence-electron chi connectivity index (χ1n) is 6.31. The van der Waals surface area contributed by atoms with Crippen molar-refractivity contribution in [3.63, 3.8) is 0 Å². The monoisotopic (exact) mass is 182 g/mol. The van der Waals surface area contributed by atoms with E-state index in [4.69, 9.17) is 0 Å². The molecule has 0 heterocycles. The van der Waals surface area contributed by atoms with E-state index in [0.29, 0.717) is 0 Å². The summed E-state index contributed by atoms with van der Waals surface area (Å²) in [5.74, 6) is 3.14. The summed E-state index contributed by atoms with van der Waals surface area (Å²) < 4.78 is 0. The van der Waals surface area contributed by atoms with Gasteiger partial charge in [0.15, 0.2) is 0 Å². The molecular weight excluding hydrogens is 156 g/mol. The van der Waals surface area contributed by atoms with Gasteiger partial charge in [-0.15, -0.1) is 0 Å². The van der Waals surface area contributed by atoms with E-state index in [0.717, 1.165) is 17.8 Å². The highest BCUT2D eigenvalue weighted by Crippen LogP contribution is 2.37. The highest BCUT2D eigenvalue weighted by molar-refractivity contribution is 4.76. The van der Waals surface area contributed by atoms with E-state index in [1.807, 2.05) is 0 Å². The average Bonchev–Trinajstić information content (AvgIpc) is 2.20. The second kappa shape index (κ2) is 5.67. The fourth-order valence-electron chi connectivity index (χ4n) is 3.09. The van der Waals surface area contributed by atoms with Gasteiger partial charge in [-0.1, -0.05) is 59.3 Å². The first kappa shape index (κ1) is 11.1. The summed E-state index contributed by atoms with van der Waals surface area (Å²) in [7, 11) is 0. The van der Waals surface area contributed by atoms with Crippen molar-refractivity contribution in [3.8, 4) is 0 Å². The van der Waals surface area contributed by atoms with Crippen LogP contribution in [0.15, 0.2) is 0 Å². The maximum Gasteiger partial charge on any atom is -0.0383 e. The smallest absolute Gasteiger partial charge is 0.0383 e. The first-order valence-corrected chi connectivity index (χ1v) is 6.31. The van der Waals surface area contributed by atoms with E-state index >= 15 is 0 Å². The van der Waals surface area contributed by atoms with Crippen LogP contribution in [0.1, 0.15) is 65.7 Å². The van der Waals surface area contributed by atoms with Crippen LogP contribution in [0.4, 0.5) is 0 Å². The minimum absolute atomic E-state index is 1.02.